The van der Waals surface area contributed by atoms with E-state index in [-0.39, 0.29) is 32.6 Å². The lowest BCUT2D eigenvalue weighted by atomic mass is 9.99. The third-order valence-corrected chi connectivity index (χ3v) is 7.91. The van der Waals surface area contributed by atoms with Crippen molar-refractivity contribution in [3.05, 3.63) is 28.3 Å². The Kier molecular flexibility index (Phi) is 8.62. The molecule has 0 aromatic heterocycles. The zero-order valence-electron chi connectivity index (χ0n) is 18.4. The fourth-order valence-electron chi connectivity index (χ4n) is 5.00. The van der Waals surface area contributed by atoms with E-state index >= 15 is 0 Å². The van der Waals surface area contributed by atoms with Crippen LogP contribution in [0.2, 0.25) is 0 Å². The molecule has 1 aliphatic heterocycles. The van der Waals surface area contributed by atoms with Gasteiger partial charge in [-0.3, -0.25) is 0 Å². The first-order chi connectivity index (χ1) is 14.4. The first kappa shape index (κ1) is 24.7. The smallest absolute Gasteiger partial charge is 0.307 e. The van der Waals surface area contributed by atoms with Gasteiger partial charge in [-0.1, -0.05) is 6.07 Å². The molecule has 4 rings (SSSR count). The Morgan fingerprint density at radius 1 is 1.03 bits per heavy atom. The number of nitrogens with one attached hydrogen (secondary N) is 2. The normalized spacial score (nSPS) is 18.0. The second-order valence-electron chi connectivity index (χ2n) is 8.96. The summed E-state index contributed by atoms with van der Waals surface area (Å²) in [4.78, 5) is 17.0. The molecule has 3 aliphatic rings. The van der Waals surface area contributed by atoms with E-state index < -0.39 is 16.1 Å². The van der Waals surface area contributed by atoms with E-state index in [1.165, 1.54) is 35.1 Å². The molecule has 1 aromatic carbocycles. The number of fused-ring (bicyclic) bond motifs is 2. The van der Waals surface area contributed by atoms with E-state index in [0.29, 0.717) is 6.54 Å². The molecular formula is C22H39IN4O3S. The van der Waals surface area contributed by atoms with E-state index in [4.69, 9.17) is 0 Å². The fraction of sp³-hybridized carbons (Fsp3) is 0.682. The Morgan fingerprint density at radius 3 is 2.26 bits per heavy atom. The first-order valence-corrected chi connectivity index (χ1v) is 13.0. The van der Waals surface area contributed by atoms with Crippen LogP contribution in [-0.4, -0.2) is 69.8 Å². The van der Waals surface area contributed by atoms with Gasteiger partial charge < -0.3 is 15.1 Å². The summed E-state index contributed by atoms with van der Waals surface area (Å²) >= 11 is 0. The second kappa shape index (κ2) is 10.8. The minimum atomic E-state index is -3.68. The Hall–Kier alpha value is -0.910. The van der Waals surface area contributed by atoms with Crippen molar-refractivity contribution in [3.8, 4) is 0 Å². The number of hydrogen-bond acceptors (Lipinski definition) is 5. The summed E-state index contributed by atoms with van der Waals surface area (Å²) in [7, 11) is -1.75. The Bertz CT molecular complexity index is 879. The molecule has 2 aliphatic carbocycles. The van der Waals surface area contributed by atoms with Gasteiger partial charge in [-0.15, -0.1) is 24.0 Å². The molecular weight excluding hydrogens is 527 g/mol. The van der Waals surface area contributed by atoms with Crippen LogP contribution in [0.3, 0.4) is 0 Å². The number of urea groups is 1. The predicted octanol–water partition coefficient (Wildman–Crippen LogP) is 3.25. The molecule has 0 atom stereocenters. The molecule has 7 nitrogen and oxygen atoms in total. The van der Waals surface area contributed by atoms with Gasteiger partial charge in [0.2, 0.25) is 10.0 Å². The molecule has 0 bridgehead atoms. The van der Waals surface area contributed by atoms with E-state index in [0.717, 1.165) is 70.4 Å². The van der Waals surface area contributed by atoms with Crippen LogP contribution in [0.4, 0.5) is 10.5 Å². The van der Waals surface area contributed by atoms with Crippen LogP contribution in [0.15, 0.2) is 6.07 Å². The number of halogens is 1. The van der Waals surface area contributed by atoms with E-state index in [1.807, 2.05) is 11.9 Å². The van der Waals surface area contributed by atoms with Gasteiger partial charge in [0.1, 0.15) is 0 Å². The summed E-state index contributed by atoms with van der Waals surface area (Å²) in [5.41, 5.74) is 5.89. The average Bonchev–Trinajstić information content (AvgIpc) is 3.45. The van der Waals surface area contributed by atoms with Crippen LogP contribution in [0, 0.1) is 0 Å². The summed E-state index contributed by atoms with van der Waals surface area (Å²) < 4.78 is 27.1. The van der Waals surface area contributed by atoms with Crippen LogP contribution in [0.5, 0.6) is 0 Å². The maximum atomic E-state index is 12.6. The molecule has 0 unspecified atom stereocenters. The molecule has 0 saturated carbocycles. The molecule has 1 fully saturated rings. The molecule has 0 spiro atoms. The van der Waals surface area contributed by atoms with Crippen molar-refractivity contribution in [2.24, 2.45) is 0 Å². The lowest BCUT2D eigenvalue weighted by Crippen LogP contribution is -2.40. The summed E-state index contributed by atoms with van der Waals surface area (Å²) in [5.74, 6) is -0.0814. The van der Waals surface area contributed by atoms with Crippen molar-refractivity contribution in [2.75, 3.05) is 50.8 Å². The van der Waals surface area contributed by atoms with Gasteiger partial charge in [0.05, 0.1) is 5.75 Å². The molecule has 2 amide bonds. The van der Waals surface area contributed by atoms with Crippen molar-refractivity contribution in [1.82, 2.24) is 14.5 Å². The van der Waals surface area contributed by atoms with Crippen molar-refractivity contribution >= 4 is 45.7 Å². The van der Waals surface area contributed by atoms with Crippen LogP contribution >= 0.6 is 24.0 Å². The minimum Gasteiger partial charge on any atom is -0.307 e. The van der Waals surface area contributed by atoms with Crippen LogP contribution in [0.1, 0.15) is 50.8 Å². The molecule has 9 heteroatoms. The molecule has 1 aromatic rings. The third-order valence-electron chi connectivity index (χ3n) is 6.70. The molecule has 31 heavy (non-hydrogen) atoms. The highest BCUT2D eigenvalue weighted by Crippen LogP contribution is 2.38. The summed E-state index contributed by atoms with van der Waals surface area (Å²) in [6, 6.07) is 1.66. The number of carbonyl (C=O) groups excluding carboxylic acids is 1. The van der Waals surface area contributed by atoms with Gasteiger partial charge >= 0.3 is 6.03 Å². The van der Waals surface area contributed by atoms with Crippen molar-refractivity contribution in [1.29, 1.82) is 0 Å². The number of likely N-dealkylation sites (N-methyl/N-ethyl adjacent to an activating group) is 1. The van der Waals surface area contributed by atoms with Gasteiger partial charge in [-0.05, 0) is 93.8 Å². The summed E-state index contributed by atoms with van der Waals surface area (Å²) in [6.45, 7) is 4.49. The predicted molar refractivity (Wildman–Crippen MR) is 139 cm³/mol. The molecule has 0 radical (unpaired) electrons. The van der Waals surface area contributed by atoms with Gasteiger partial charge in [0.25, 0.3) is 0 Å². The van der Waals surface area contributed by atoms with Gasteiger partial charge in [-0.2, -0.15) is 0 Å². The largest absolute Gasteiger partial charge is 0.332 e. The number of aryl methyl sites for hydroxylation is 2. The lowest BCUT2D eigenvalue weighted by molar-refractivity contribution is 0.256. The molecule has 1 saturated heterocycles. The van der Waals surface area contributed by atoms with Crippen LogP contribution in [-0.2, 0) is 35.7 Å². The monoisotopic (exact) mass is 566 g/mol. The fourth-order valence-corrected chi connectivity index (χ4v) is 5.99. The number of likely N-dealkylation sites (tertiary alicyclic amines) is 1. The van der Waals surface area contributed by atoms with Crippen LogP contribution < -0.4 is 10.0 Å². The zero-order valence-corrected chi connectivity index (χ0v) is 21.6. The van der Waals surface area contributed by atoms with Crippen molar-refractivity contribution in [2.45, 2.75) is 51.4 Å². The first-order valence-electron chi connectivity index (χ1n) is 11.3. The lowest BCUT2D eigenvalue weighted by Gasteiger charge is -2.21. The molecule has 1 heterocycles. The maximum absolute atomic E-state index is 12.6. The van der Waals surface area contributed by atoms with Gasteiger partial charge in [0.15, 0.2) is 0 Å². The van der Waals surface area contributed by atoms with Gasteiger partial charge in [0, 0.05) is 28.2 Å². The molecule has 2 N–H and O–H groups in total. The van der Waals surface area contributed by atoms with Crippen LogP contribution in [0.25, 0.3) is 0 Å². The Morgan fingerprint density at radius 2 is 1.65 bits per heavy atom. The third kappa shape index (κ3) is 6.33. The average molecular weight is 567 g/mol. The highest BCUT2D eigenvalue weighted by Gasteiger charge is 2.26. The number of sulfonamides is 1. The Labute approximate surface area is 206 Å². The highest BCUT2D eigenvalue weighted by molar-refractivity contribution is 14.0. The zero-order chi connectivity index (χ0) is 21.1. The quantitative estimate of drug-likeness (QED) is 0.473. The molecule has 178 valence electrons. The maximum Gasteiger partial charge on any atom is 0.332 e. The second-order valence-corrected chi connectivity index (χ2v) is 10.8. The van der Waals surface area contributed by atoms with E-state index in [9.17, 15) is 13.2 Å². The van der Waals surface area contributed by atoms with Crippen molar-refractivity contribution in [3.63, 3.8) is 0 Å². The Balaban J connectivity index is 0.00000181. The van der Waals surface area contributed by atoms with E-state index in [1.54, 1.807) is 0 Å². The summed E-state index contributed by atoms with van der Waals surface area (Å²) in [5, 5.41) is 2.90. The van der Waals surface area contributed by atoms with Crippen molar-refractivity contribution < 1.29 is 16.1 Å². The number of nitrogens with zero attached hydrogens (tertiary/aromatic N) is 2. The SMILES string of the molecule is CN(CCN1CCCC1)CCS(=O)(=O)NC(=O)Nc1c2c(cc3c1CCC3)CCC2.I.[HH].[HH]. The highest BCUT2D eigenvalue weighted by atomic mass is 127. The van der Waals surface area contributed by atoms with E-state index in [2.05, 4.69) is 21.0 Å². The summed E-state index contributed by atoms with van der Waals surface area (Å²) in [6.07, 6.45) is 8.69. The number of amides is 2. The number of hydrogen-bond donors (Lipinski definition) is 2. The standard InChI is InChI=1S/C22H34N4O3S.HI.2H2/c1-25(12-13-26-10-2-3-11-26)14-15-30(28,29)24-22(27)23-21-19-8-4-6-17(19)16-18-7-5-9-20(18)21;;;/h16H,2-15H2,1H3,(H2,23,24,27);3*1H. The number of benzene rings is 1. The van der Waals surface area contributed by atoms with Gasteiger partial charge in [-0.25, -0.2) is 17.9 Å². The number of anilines is 1. The number of rotatable bonds is 8. The number of carbonyl (C=O) groups is 1. The topological polar surface area (TPSA) is 81.8 Å². The minimum absolute atomic E-state index is 0.